The highest BCUT2D eigenvalue weighted by Gasteiger charge is 2.45. The molecule has 0 bridgehead atoms. The lowest BCUT2D eigenvalue weighted by atomic mass is 9.82. The molecular formula is C23H21N5O2. The number of ether oxygens (including phenoxy) is 1. The number of nitrogens with zero attached hydrogens (tertiary/aromatic N) is 4. The lowest BCUT2D eigenvalue weighted by Gasteiger charge is -2.38. The van der Waals surface area contributed by atoms with Crippen molar-refractivity contribution in [2.45, 2.75) is 31.4 Å². The summed E-state index contributed by atoms with van der Waals surface area (Å²) in [6.07, 6.45) is 6.11. The van der Waals surface area contributed by atoms with Crippen molar-refractivity contribution in [3.05, 3.63) is 72.2 Å². The van der Waals surface area contributed by atoms with E-state index >= 15 is 0 Å². The number of Topliss-reactive ketones (excluding diaryl/α,β-unsaturated/α-hetero) is 1. The van der Waals surface area contributed by atoms with E-state index in [4.69, 9.17) is 4.74 Å². The van der Waals surface area contributed by atoms with Gasteiger partial charge in [0.25, 0.3) is 0 Å². The van der Waals surface area contributed by atoms with E-state index in [9.17, 15) is 10.1 Å². The summed E-state index contributed by atoms with van der Waals surface area (Å²) in [5.41, 5.74) is 0.441. The van der Waals surface area contributed by atoms with Crippen molar-refractivity contribution < 1.29 is 9.53 Å². The monoisotopic (exact) mass is 399 g/mol. The molecule has 0 unspecified atom stereocenters. The molecule has 3 aromatic rings. The van der Waals surface area contributed by atoms with Gasteiger partial charge in [0.15, 0.2) is 11.4 Å². The molecule has 150 valence electrons. The largest absolute Gasteiger partial charge is 0.461 e. The van der Waals surface area contributed by atoms with E-state index in [0.29, 0.717) is 35.5 Å². The molecule has 2 atom stereocenters. The summed E-state index contributed by atoms with van der Waals surface area (Å²) < 4.78 is 6.23. The van der Waals surface area contributed by atoms with Gasteiger partial charge in [0, 0.05) is 48.4 Å². The summed E-state index contributed by atoms with van der Waals surface area (Å²) in [7, 11) is 0. The Hall–Kier alpha value is -3.63. The van der Waals surface area contributed by atoms with Crippen molar-refractivity contribution in [2.75, 3.05) is 6.54 Å². The molecule has 0 radical (unpaired) electrons. The van der Waals surface area contributed by atoms with E-state index in [1.54, 1.807) is 36.7 Å². The summed E-state index contributed by atoms with van der Waals surface area (Å²) in [5, 5.41) is 12.6. The van der Waals surface area contributed by atoms with Crippen LogP contribution in [0.1, 0.15) is 35.7 Å². The van der Waals surface area contributed by atoms with Crippen LogP contribution in [0.5, 0.6) is 5.88 Å². The summed E-state index contributed by atoms with van der Waals surface area (Å²) in [6, 6.07) is 14.5. The van der Waals surface area contributed by atoms with Crippen molar-refractivity contribution in [3.63, 3.8) is 0 Å². The number of aromatic nitrogens is 3. The van der Waals surface area contributed by atoms with Gasteiger partial charge in [-0.25, -0.2) is 15.0 Å². The van der Waals surface area contributed by atoms with Gasteiger partial charge in [0.2, 0.25) is 11.7 Å². The van der Waals surface area contributed by atoms with Crippen LogP contribution < -0.4 is 10.1 Å². The van der Waals surface area contributed by atoms with Crippen molar-refractivity contribution in [1.82, 2.24) is 20.3 Å². The highest BCUT2D eigenvalue weighted by Crippen LogP contribution is 2.32. The molecule has 1 fully saturated rings. The third kappa shape index (κ3) is 3.91. The lowest BCUT2D eigenvalue weighted by molar-refractivity contribution is 0.0265. The highest BCUT2D eigenvalue weighted by atomic mass is 16.5. The number of nitrogens with one attached hydrogen (secondary N) is 1. The highest BCUT2D eigenvalue weighted by molar-refractivity contribution is 6.07. The van der Waals surface area contributed by atoms with Crippen LogP contribution in [0.2, 0.25) is 0 Å². The second kappa shape index (κ2) is 8.39. The minimum absolute atomic E-state index is 0.158. The Bertz CT molecular complexity index is 1090. The Labute approximate surface area is 174 Å². The van der Waals surface area contributed by atoms with Crippen LogP contribution in [0.15, 0.2) is 61.1 Å². The fourth-order valence-corrected chi connectivity index (χ4v) is 3.60. The number of piperidine rings is 1. The Morgan fingerprint density at radius 3 is 2.70 bits per heavy atom. The first-order chi connectivity index (χ1) is 14.6. The molecule has 30 heavy (non-hydrogen) atoms. The van der Waals surface area contributed by atoms with Crippen molar-refractivity contribution in [2.24, 2.45) is 0 Å². The maximum Gasteiger partial charge on any atom is 0.215 e. The summed E-state index contributed by atoms with van der Waals surface area (Å²) >= 11 is 0. The molecule has 0 aliphatic carbocycles. The van der Waals surface area contributed by atoms with Crippen LogP contribution in [0.3, 0.4) is 0 Å². The van der Waals surface area contributed by atoms with Crippen LogP contribution in [-0.2, 0) is 0 Å². The van der Waals surface area contributed by atoms with Gasteiger partial charge in [0.1, 0.15) is 0 Å². The zero-order valence-corrected chi connectivity index (χ0v) is 16.6. The SMILES string of the molecule is C[C@@H]1CC[C@](Oc2cc(C#N)ccn2)(C(=O)c2ccccc2-c2ncccn2)CN1. The quantitative estimate of drug-likeness (QED) is 0.658. The van der Waals surface area contributed by atoms with E-state index < -0.39 is 5.60 Å². The number of ketones is 1. The average Bonchev–Trinajstić information content (AvgIpc) is 2.81. The maximum atomic E-state index is 13.9. The van der Waals surface area contributed by atoms with Crippen LogP contribution >= 0.6 is 0 Å². The van der Waals surface area contributed by atoms with Crippen molar-refractivity contribution in [3.8, 4) is 23.3 Å². The number of carbonyl (C=O) groups excluding carboxylic acids is 1. The molecule has 0 saturated carbocycles. The average molecular weight is 399 g/mol. The Morgan fingerprint density at radius 2 is 1.97 bits per heavy atom. The number of pyridine rings is 1. The van der Waals surface area contributed by atoms with Gasteiger partial charge in [-0.2, -0.15) is 5.26 Å². The molecule has 1 N–H and O–H groups in total. The van der Waals surface area contributed by atoms with E-state index in [1.165, 1.54) is 6.20 Å². The Balaban J connectivity index is 1.75. The van der Waals surface area contributed by atoms with Gasteiger partial charge in [-0.3, -0.25) is 4.79 Å². The van der Waals surface area contributed by atoms with Crippen molar-refractivity contribution >= 4 is 5.78 Å². The zero-order chi connectivity index (χ0) is 21.0. The molecule has 1 aromatic carbocycles. The van der Waals surface area contributed by atoms with Gasteiger partial charge in [0.05, 0.1) is 11.6 Å². The number of benzene rings is 1. The van der Waals surface area contributed by atoms with Crippen LogP contribution in [-0.4, -0.2) is 38.9 Å². The van der Waals surface area contributed by atoms with E-state index in [2.05, 4.69) is 33.3 Å². The fraction of sp³-hybridized carbons (Fsp3) is 0.261. The van der Waals surface area contributed by atoms with Gasteiger partial charge < -0.3 is 10.1 Å². The van der Waals surface area contributed by atoms with Gasteiger partial charge in [-0.15, -0.1) is 0 Å². The molecule has 0 spiro atoms. The third-order valence-electron chi connectivity index (χ3n) is 5.27. The predicted molar refractivity (Wildman–Crippen MR) is 111 cm³/mol. The topological polar surface area (TPSA) is 101 Å². The molecule has 7 nitrogen and oxygen atoms in total. The van der Waals surface area contributed by atoms with Gasteiger partial charge in [-0.1, -0.05) is 24.3 Å². The fourth-order valence-electron chi connectivity index (χ4n) is 3.60. The minimum Gasteiger partial charge on any atom is -0.461 e. The number of nitriles is 1. The van der Waals surface area contributed by atoms with Crippen LogP contribution in [0.25, 0.3) is 11.4 Å². The van der Waals surface area contributed by atoms with Crippen molar-refractivity contribution in [1.29, 1.82) is 5.26 Å². The van der Waals surface area contributed by atoms with Crippen LogP contribution in [0.4, 0.5) is 0 Å². The zero-order valence-electron chi connectivity index (χ0n) is 16.6. The molecule has 4 rings (SSSR count). The summed E-state index contributed by atoms with van der Waals surface area (Å²) in [6.45, 7) is 2.42. The second-order valence-electron chi connectivity index (χ2n) is 7.36. The molecule has 2 aromatic heterocycles. The molecule has 7 heteroatoms. The number of hydrogen-bond donors (Lipinski definition) is 1. The first kappa shape index (κ1) is 19.7. The first-order valence-electron chi connectivity index (χ1n) is 9.81. The summed E-state index contributed by atoms with van der Waals surface area (Å²) in [4.78, 5) is 26.7. The van der Waals surface area contributed by atoms with E-state index in [-0.39, 0.29) is 17.7 Å². The number of carbonyl (C=O) groups is 1. The molecule has 0 amide bonds. The molecule has 1 aliphatic heterocycles. The van der Waals surface area contributed by atoms with E-state index in [0.717, 1.165) is 6.42 Å². The Kier molecular flexibility index (Phi) is 5.50. The number of rotatable bonds is 5. The van der Waals surface area contributed by atoms with Crippen LogP contribution in [0, 0.1) is 11.3 Å². The summed E-state index contributed by atoms with van der Waals surface area (Å²) in [5.74, 6) is 0.583. The van der Waals surface area contributed by atoms with Gasteiger partial charge in [-0.05, 0) is 31.9 Å². The second-order valence-corrected chi connectivity index (χ2v) is 7.36. The smallest absolute Gasteiger partial charge is 0.215 e. The Morgan fingerprint density at radius 1 is 1.17 bits per heavy atom. The lowest BCUT2D eigenvalue weighted by Crippen LogP contribution is -2.58. The van der Waals surface area contributed by atoms with E-state index in [1.807, 2.05) is 18.2 Å². The number of hydrogen-bond acceptors (Lipinski definition) is 7. The molecule has 1 saturated heterocycles. The minimum atomic E-state index is -1.14. The maximum absolute atomic E-state index is 13.9. The molecule has 3 heterocycles. The first-order valence-corrected chi connectivity index (χ1v) is 9.81. The third-order valence-corrected chi connectivity index (χ3v) is 5.27. The standard InChI is InChI=1S/C23H21N5O2/c1-16-7-9-23(15-28-16,30-20-13-17(14-24)8-12-25-20)21(29)18-5-2-3-6-19(18)22-26-10-4-11-27-22/h2-6,8,10-13,16,28H,7,9,15H2,1H3/t16-,23-/m1/s1. The normalized spacial score (nSPS) is 20.9. The van der Waals surface area contributed by atoms with Gasteiger partial charge >= 0.3 is 0 Å². The molecular weight excluding hydrogens is 378 g/mol. The predicted octanol–water partition coefficient (Wildman–Crippen LogP) is 3.18. The molecule has 1 aliphatic rings.